The largest absolute Gasteiger partial charge is 0.465 e. The van der Waals surface area contributed by atoms with Gasteiger partial charge in [-0.3, -0.25) is 24.0 Å². The van der Waals surface area contributed by atoms with Gasteiger partial charge >= 0.3 is 18.0 Å². The highest BCUT2D eigenvalue weighted by atomic mass is 19.1. The molecule has 9 heteroatoms. The van der Waals surface area contributed by atoms with Crippen molar-refractivity contribution in [3.8, 4) is 0 Å². The van der Waals surface area contributed by atoms with E-state index in [2.05, 4.69) is 0 Å². The number of hydrogen-bond donors (Lipinski definition) is 0. The molecule has 0 unspecified atom stereocenters. The number of carbonyl (C=O) groups is 4. The molecule has 0 aliphatic heterocycles. The molecule has 0 aliphatic carbocycles. The van der Waals surface area contributed by atoms with Gasteiger partial charge in [-0.15, -0.1) is 0 Å². The van der Waals surface area contributed by atoms with E-state index in [1.165, 1.54) is 20.8 Å². The zero-order chi connectivity index (χ0) is 29.5. The number of ether oxygens (including phenoxy) is 2. The van der Waals surface area contributed by atoms with Crippen molar-refractivity contribution in [2.24, 2.45) is 21.7 Å². The van der Waals surface area contributed by atoms with Crippen LogP contribution in [0.2, 0.25) is 0 Å². The van der Waals surface area contributed by atoms with Gasteiger partial charge in [-0.25, -0.2) is 0 Å². The van der Waals surface area contributed by atoms with Gasteiger partial charge in [-0.1, -0.05) is 27.7 Å². The van der Waals surface area contributed by atoms with Gasteiger partial charge in [-0.2, -0.15) is 9.45 Å². The smallest absolute Gasteiger partial charge is 0.312 e. The maximum absolute atomic E-state index is 13.2. The normalized spacial score (nSPS) is 13.5. The van der Waals surface area contributed by atoms with E-state index in [0.29, 0.717) is 32.4 Å². The molecule has 0 aliphatic rings. The lowest BCUT2D eigenvalue weighted by Crippen LogP contribution is -2.40. The molecule has 0 spiro atoms. The minimum absolute atomic E-state index is 0.0276. The van der Waals surface area contributed by atoms with Crippen LogP contribution >= 0.6 is 0 Å². The van der Waals surface area contributed by atoms with Crippen molar-refractivity contribution in [1.29, 1.82) is 0 Å². The van der Waals surface area contributed by atoms with Crippen LogP contribution in [-0.4, -0.2) is 61.2 Å². The molecule has 0 fully saturated rings. The predicted molar refractivity (Wildman–Crippen MR) is 140 cm³/mol. The van der Waals surface area contributed by atoms with E-state index in [0.717, 1.165) is 0 Å². The van der Waals surface area contributed by atoms with Gasteiger partial charge in [0, 0.05) is 25.4 Å². The van der Waals surface area contributed by atoms with E-state index in [9.17, 15) is 23.6 Å². The fourth-order valence-electron chi connectivity index (χ4n) is 4.15. The molecule has 0 N–H and O–H groups in total. The van der Waals surface area contributed by atoms with Gasteiger partial charge in [0.15, 0.2) is 0 Å². The molecule has 0 heterocycles. The quantitative estimate of drug-likeness (QED) is 0.106. The van der Waals surface area contributed by atoms with Crippen LogP contribution in [0.4, 0.5) is 4.39 Å². The lowest BCUT2D eigenvalue weighted by molar-refractivity contribution is -0.180. The number of nitrogens with zero attached hydrogens (tertiary/aromatic N) is 1. The van der Waals surface area contributed by atoms with Gasteiger partial charge in [0.25, 0.3) is 0 Å². The number of hydroxylamine groups is 2. The Morgan fingerprint density at radius 1 is 0.730 bits per heavy atom. The fraction of sp³-hybridized carbons (Fsp3) is 0.857. The summed E-state index contributed by atoms with van der Waals surface area (Å²) in [4.78, 5) is 54.0. The zero-order valence-corrected chi connectivity index (χ0v) is 25.1. The molecule has 0 saturated heterocycles. The van der Waals surface area contributed by atoms with Crippen molar-refractivity contribution in [2.45, 2.75) is 107 Å². The maximum atomic E-state index is 13.2. The summed E-state index contributed by atoms with van der Waals surface area (Å²) in [5.74, 6) is -0.812. The minimum atomic E-state index is -1.45. The third-order valence-corrected chi connectivity index (χ3v) is 6.59. The Labute approximate surface area is 222 Å². The summed E-state index contributed by atoms with van der Waals surface area (Å²) in [5.41, 5.74) is -4.43. The van der Waals surface area contributed by atoms with Crippen molar-refractivity contribution < 1.29 is 37.9 Å². The highest BCUT2D eigenvalue weighted by Gasteiger charge is 2.41. The summed E-state index contributed by atoms with van der Waals surface area (Å²) in [6.45, 7) is 19.6. The topological polar surface area (TPSA) is 99.2 Å². The zero-order valence-electron chi connectivity index (χ0n) is 25.1. The van der Waals surface area contributed by atoms with Crippen LogP contribution in [0.25, 0.3) is 0 Å². The third kappa shape index (κ3) is 12.5. The van der Waals surface area contributed by atoms with Crippen molar-refractivity contribution in [1.82, 2.24) is 5.06 Å². The molecule has 0 bridgehead atoms. The Balaban J connectivity index is 4.50. The molecule has 0 saturated carbocycles. The molecule has 0 atom stereocenters. The van der Waals surface area contributed by atoms with Crippen LogP contribution in [-0.2, 0) is 33.5 Å². The summed E-state index contributed by atoms with van der Waals surface area (Å²) >= 11 is 0. The lowest BCUT2D eigenvalue weighted by Gasteiger charge is -2.35. The van der Waals surface area contributed by atoms with Gasteiger partial charge in [0.1, 0.15) is 11.4 Å². The van der Waals surface area contributed by atoms with Crippen molar-refractivity contribution >= 4 is 23.8 Å². The number of carbonyl (C=O) groups excluding carboxylic acids is 4. The van der Waals surface area contributed by atoms with E-state index in [4.69, 9.17) is 14.3 Å². The fourth-order valence-corrected chi connectivity index (χ4v) is 4.15. The van der Waals surface area contributed by atoms with Crippen LogP contribution in [0.1, 0.15) is 102 Å². The Morgan fingerprint density at radius 3 is 1.70 bits per heavy atom. The van der Waals surface area contributed by atoms with E-state index in [-0.39, 0.29) is 24.8 Å². The second kappa shape index (κ2) is 13.3. The van der Waals surface area contributed by atoms with E-state index >= 15 is 0 Å². The summed E-state index contributed by atoms with van der Waals surface area (Å²) in [5, 5.41) is 1.63. The van der Waals surface area contributed by atoms with Gasteiger partial charge in [0.2, 0.25) is 0 Å². The molecule has 0 aromatic heterocycles. The summed E-state index contributed by atoms with van der Waals surface area (Å²) in [6, 6.07) is -1.45. The first-order valence-electron chi connectivity index (χ1n) is 12.9. The number of esters is 2. The van der Waals surface area contributed by atoms with Crippen LogP contribution in [0.3, 0.4) is 0 Å². The molecule has 0 radical (unpaired) electrons. The van der Waals surface area contributed by atoms with Gasteiger partial charge in [0.05, 0.1) is 29.5 Å². The standard InChI is InChI=1S/C28H50FNO7/c1-20(31)24(2,3)18-27(8,9)23(34)37-28(10,11)14-17-36-30(12)15-13-16-35-22(33)26(6,7)19-25(4,5)21(29)32/h13-19H2,1-12H3. The van der Waals surface area contributed by atoms with Gasteiger partial charge in [-0.05, 0) is 67.7 Å². The first-order valence-corrected chi connectivity index (χ1v) is 12.9. The van der Waals surface area contributed by atoms with Gasteiger partial charge < -0.3 is 9.47 Å². The lowest BCUT2D eigenvalue weighted by atomic mass is 9.73. The number of halogens is 1. The van der Waals surface area contributed by atoms with E-state index in [1.54, 1.807) is 39.8 Å². The molecule has 216 valence electrons. The highest BCUT2D eigenvalue weighted by molar-refractivity contribution is 5.83. The van der Waals surface area contributed by atoms with Crippen LogP contribution < -0.4 is 0 Å². The highest BCUT2D eigenvalue weighted by Crippen LogP contribution is 2.37. The molecule has 37 heavy (non-hydrogen) atoms. The second-order valence-electron chi connectivity index (χ2n) is 13.3. The summed E-state index contributed by atoms with van der Waals surface area (Å²) in [6.07, 6.45) is 1.41. The predicted octanol–water partition coefficient (Wildman–Crippen LogP) is 5.47. The Kier molecular flexibility index (Phi) is 12.6. The summed E-state index contributed by atoms with van der Waals surface area (Å²) in [7, 11) is 1.76. The molecule has 0 rings (SSSR count). The SMILES string of the molecule is CC(=O)C(C)(C)CC(C)(C)C(=O)OC(C)(C)CCON(C)CCCOC(=O)C(C)(C)CC(C)(C)C(=O)F. The van der Waals surface area contributed by atoms with Crippen LogP contribution in [0.5, 0.6) is 0 Å². The number of ketones is 1. The first-order chi connectivity index (χ1) is 16.5. The van der Waals surface area contributed by atoms with Crippen LogP contribution in [0.15, 0.2) is 0 Å². The molecule has 0 aromatic rings. The van der Waals surface area contributed by atoms with Crippen molar-refractivity contribution in [2.75, 3.05) is 26.8 Å². The van der Waals surface area contributed by atoms with Crippen molar-refractivity contribution in [3.05, 3.63) is 0 Å². The van der Waals surface area contributed by atoms with E-state index in [1.807, 2.05) is 27.7 Å². The first kappa shape index (κ1) is 35.1. The Morgan fingerprint density at radius 2 is 1.22 bits per heavy atom. The molecule has 0 aromatic carbocycles. The average molecular weight is 532 g/mol. The summed E-state index contributed by atoms with van der Waals surface area (Å²) < 4.78 is 24.3. The van der Waals surface area contributed by atoms with Crippen LogP contribution in [0, 0.1) is 21.7 Å². The monoisotopic (exact) mass is 531 g/mol. The molecular weight excluding hydrogens is 481 g/mol. The average Bonchev–Trinajstić information content (AvgIpc) is 2.68. The molecule has 8 nitrogen and oxygen atoms in total. The number of Topliss-reactive ketones (excluding diaryl/α,β-unsaturated/α-hetero) is 1. The number of hydrogen-bond acceptors (Lipinski definition) is 8. The molecular formula is C28H50FNO7. The third-order valence-electron chi connectivity index (χ3n) is 6.59. The number of rotatable bonds is 17. The van der Waals surface area contributed by atoms with E-state index < -0.39 is 39.3 Å². The second-order valence-corrected chi connectivity index (χ2v) is 13.3. The Hall–Kier alpha value is -1.87. The molecule has 0 amide bonds. The minimum Gasteiger partial charge on any atom is -0.465 e. The Bertz CT molecular complexity index is 815. The van der Waals surface area contributed by atoms with Crippen molar-refractivity contribution in [3.63, 3.8) is 0 Å². The maximum Gasteiger partial charge on any atom is 0.312 e.